The van der Waals surface area contributed by atoms with Gasteiger partial charge in [-0.25, -0.2) is 4.79 Å². The molecule has 2 rings (SSSR count). The Morgan fingerprint density at radius 3 is 2.62 bits per heavy atom. The van der Waals surface area contributed by atoms with E-state index in [4.69, 9.17) is 17.0 Å². The third kappa shape index (κ3) is 3.76. The highest BCUT2D eigenvalue weighted by Crippen LogP contribution is 2.29. The van der Waals surface area contributed by atoms with Crippen molar-refractivity contribution in [1.29, 1.82) is 0 Å². The number of rotatable bonds is 5. The molecule has 0 aliphatic heterocycles. The number of methoxy groups -OCH3 is 1. The van der Waals surface area contributed by atoms with Crippen molar-refractivity contribution < 1.29 is 9.53 Å². The van der Waals surface area contributed by atoms with Crippen molar-refractivity contribution in [2.24, 2.45) is 0 Å². The fourth-order valence-corrected chi connectivity index (χ4v) is 3.66. The van der Waals surface area contributed by atoms with Gasteiger partial charge in [0.15, 0.2) is 5.11 Å². The van der Waals surface area contributed by atoms with Gasteiger partial charge in [0, 0.05) is 11.4 Å². The Bertz CT molecular complexity index is 764. The first-order valence-corrected chi connectivity index (χ1v) is 8.96. The molecular weight excluding hydrogens is 344 g/mol. The van der Waals surface area contributed by atoms with Crippen LogP contribution in [0.3, 0.4) is 0 Å². The molecule has 0 spiro atoms. The van der Waals surface area contributed by atoms with Crippen LogP contribution in [0.5, 0.6) is 0 Å². The predicted octanol–water partition coefficient (Wildman–Crippen LogP) is 3.74. The summed E-state index contributed by atoms with van der Waals surface area (Å²) in [6.45, 7) is 8.81. The van der Waals surface area contributed by atoms with E-state index < -0.39 is 0 Å². The summed E-state index contributed by atoms with van der Waals surface area (Å²) in [5.74, 6) is -0.373. The molecule has 2 heterocycles. The summed E-state index contributed by atoms with van der Waals surface area (Å²) in [4.78, 5) is 13.0. The fourth-order valence-electron chi connectivity index (χ4n) is 2.40. The summed E-state index contributed by atoms with van der Waals surface area (Å²) in [5.41, 5.74) is 3.29. The quantitative estimate of drug-likeness (QED) is 0.621. The zero-order valence-corrected chi connectivity index (χ0v) is 16.2. The molecule has 0 aliphatic rings. The first-order valence-electron chi connectivity index (χ1n) is 7.74. The van der Waals surface area contributed by atoms with E-state index >= 15 is 0 Å². The monoisotopic (exact) mass is 366 g/mol. The number of thiocarbonyl (C=S) groups is 1. The topological polar surface area (TPSA) is 68.2 Å². The average molecular weight is 367 g/mol. The second-order valence-electron chi connectivity index (χ2n) is 5.24. The molecule has 0 amide bonds. The number of hydrogen-bond donors (Lipinski definition) is 2. The van der Waals surface area contributed by atoms with Crippen molar-refractivity contribution >= 4 is 45.3 Å². The lowest BCUT2D eigenvalue weighted by Crippen LogP contribution is -2.20. The number of esters is 1. The highest BCUT2D eigenvalue weighted by Gasteiger charge is 2.18. The highest BCUT2D eigenvalue weighted by atomic mass is 32.1. The molecule has 0 atom stereocenters. The van der Waals surface area contributed by atoms with E-state index in [9.17, 15) is 4.79 Å². The minimum absolute atomic E-state index is 0.373. The molecule has 0 aromatic carbocycles. The number of aryl methyl sites for hydroxylation is 3. The fraction of sp³-hybridized carbons (Fsp3) is 0.438. The van der Waals surface area contributed by atoms with Gasteiger partial charge in [-0.1, -0.05) is 6.92 Å². The van der Waals surface area contributed by atoms with Crippen LogP contribution in [0.4, 0.5) is 10.7 Å². The third-order valence-corrected chi connectivity index (χ3v) is 5.08. The van der Waals surface area contributed by atoms with Gasteiger partial charge < -0.3 is 15.4 Å². The van der Waals surface area contributed by atoms with E-state index in [2.05, 4.69) is 15.7 Å². The number of anilines is 2. The molecule has 0 radical (unpaired) electrons. The van der Waals surface area contributed by atoms with Crippen LogP contribution in [-0.2, 0) is 17.7 Å². The number of thiophene rings is 1. The first-order chi connectivity index (χ1) is 11.4. The maximum Gasteiger partial charge on any atom is 0.340 e. The van der Waals surface area contributed by atoms with E-state index in [1.54, 1.807) is 0 Å². The number of carbonyl (C=O) groups excluding carboxylic acids is 1. The largest absolute Gasteiger partial charge is 0.465 e. The maximum absolute atomic E-state index is 11.9. The molecule has 8 heteroatoms. The lowest BCUT2D eigenvalue weighted by atomic mass is 10.2. The van der Waals surface area contributed by atoms with Gasteiger partial charge in [0.1, 0.15) is 5.00 Å². The Hall–Kier alpha value is -1.93. The van der Waals surface area contributed by atoms with Crippen molar-refractivity contribution in [3.05, 3.63) is 27.9 Å². The van der Waals surface area contributed by atoms with Gasteiger partial charge in [-0.15, -0.1) is 11.3 Å². The van der Waals surface area contributed by atoms with Crippen LogP contribution in [0, 0.1) is 13.8 Å². The minimum Gasteiger partial charge on any atom is -0.465 e. The molecule has 2 aromatic heterocycles. The van der Waals surface area contributed by atoms with Crippen molar-refractivity contribution in [3.63, 3.8) is 0 Å². The number of nitrogens with one attached hydrogen (secondary N) is 2. The van der Waals surface area contributed by atoms with E-state index in [0.29, 0.717) is 15.7 Å². The number of nitrogens with zero attached hydrogens (tertiary/aromatic N) is 2. The van der Waals surface area contributed by atoms with Gasteiger partial charge in [-0.3, -0.25) is 4.68 Å². The second-order valence-corrected chi connectivity index (χ2v) is 6.79. The van der Waals surface area contributed by atoms with Crippen molar-refractivity contribution in [2.45, 2.75) is 40.7 Å². The Labute approximate surface area is 151 Å². The highest BCUT2D eigenvalue weighted by molar-refractivity contribution is 7.80. The zero-order chi connectivity index (χ0) is 17.9. The van der Waals surface area contributed by atoms with Crippen molar-refractivity contribution in [1.82, 2.24) is 9.78 Å². The number of ether oxygens (including phenoxy) is 1. The number of carbonyl (C=O) groups is 1. The van der Waals surface area contributed by atoms with E-state index in [-0.39, 0.29) is 5.97 Å². The molecule has 0 aliphatic carbocycles. The molecule has 2 N–H and O–H groups in total. The van der Waals surface area contributed by atoms with Crippen LogP contribution in [0.2, 0.25) is 0 Å². The maximum atomic E-state index is 11.9. The van der Waals surface area contributed by atoms with E-state index in [1.807, 2.05) is 38.4 Å². The van der Waals surface area contributed by atoms with Gasteiger partial charge in [-0.2, -0.15) is 5.10 Å². The summed E-state index contributed by atoms with van der Waals surface area (Å²) in [7, 11) is 1.37. The van der Waals surface area contributed by atoms with Gasteiger partial charge in [0.05, 0.1) is 29.7 Å². The summed E-state index contributed by atoms with van der Waals surface area (Å²) < 4.78 is 6.76. The van der Waals surface area contributed by atoms with Gasteiger partial charge in [0.2, 0.25) is 0 Å². The van der Waals surface area contributed by atoms with Gasteiger partial charge in [0.25, 0.3) is 0 Å². The zero-order valence-electron chi connectivity index (χ0n) is 14.5. The smallest absolute Gasteiger partial charge is 0.340 e. The third-order valence-electron chi connectivity index (χ3n) is 3.68. The Balaban J connectivity index is 2.20. The van der Waals surface area contributed by atoms with Crippen molar-refractivity contribution in [3.8, 4) is 0 Å². The standard InChI is InChI=1S/C16H22N4O2S2/c1-6-11-8-12(15(21)22-5)14(24-11)18-16(23)17-13-9(3)19-20(7-2)10(13)4/h8H,6-7H2,1-5H3,(H2,17,18,23). The first kappa shape index (κ1) is 18.4. The normalized spacial score (nSPS) is 10.5. The van der Waals surface area contributed by atoms with Gasteiger partial charge in [-0.05, 0) is 45.5 Å². The summed E-state index contributed by atoms with van der Waals surface area (Å²) in [5, 5.41) is 11.9. The molecule has 6 nitrogen and oxygen atoms in total. The molecular formula is C16H22N4O2S2. The van der Waals surface area contributed by atoms with Crippen LogP contribution in [0.1, 0.15) is 40.5 Å². The molecule has 0 saturated carbocycles. The molecule has 0 unspecified atom stereocenters. The van der Waals surface area contributed by atoms with Crippen LogP contribution >= 0.6 is 23.6 Å². The summed E-state index contributed by atoms with van der Waals surface area (Å²) in [6.07, 6.45) is 0.845. The molecule has 0 saturated heterocycles. The van der Waals surface area contributed by atoms with Crippen LogP contribution < -0.4 is 10.6 Å². The van der Waals surface area contributed by atoms with E-state index in [0.717, 1.165) is 34.9 Å². The Morgan fingerprint density at radius 2 is 2.08 bits per heavy atom. The van der Waals surface area contributed by atoms with Gasteiger partial charge >= 0.3 is 5.97 Å². The SMILES string of the molecule is CCc1cc(C(=O)OC)c(NC(=S)Nc2c(C)nn(CC)c2C)s1. The Morgan fingerprint density at radius 1 is 1.38 bits per heavy atom. The van der Waals surface area contributed by atoms with Crippen molar-refractivity contribution in [2.75, 3.05) is 17.7 Å². The molecule has 24 heavy (non-hydrogen) atoms. The lowest BCUT2D eigenvalue weighted by molar-refractivity contribution is 0.0602. The summed E-state index contributed by atoms with van der Waals surface area (Å²) in [6, 6.07) is 1.84. The average Bonchev–Trinajstić information content (AvgIpc) is 3.09. The lowest BCUT2D eigenvalue weighted by Gasteiger charge is -2.11. The minimum atomic E-state index is -0.373. The summed E-state index contributed by atoms with van der Waals surface area (Å²) >= 11 is 6.91. The van der Waals surface area contributed by atoms with E-state index in [1.165, 1.54) is 18.4 Å². The molecule has 0 bridgehead atoms. The molecule has 2 aromatic rings. The second kappa shape index (κ2) is 7.76. The van der Waals surface area contributed by atoms with Crippen LogP contribution in [-0.4, -0.2) is 28.0 Å². The number of aromatic nitrogens is 2. The number of hydrogen-bond acceptors (Lipinski definition) is 5. The predicted molar refractivity (Wildman–Crippen MR) is 102 cm³/mol. The van der Waals surface area contributed by atoms with Crippen LogP contribution in [0.25, 0.3) is 0 Å². The Kier molecular flexibility index (Phi) is 5.95. The molecule has 0 fully saturated rings. The van der Waals surface area contributed by atoms with Crippen LogP contribution in [0.15, 0.2) is 6.07 Å². The molecule has 130 valence electrons.